The minimum atomic E-state index is -4.08. The van der Waals surface area contributed by atoms with Crippen molar-refractivity contribution in [3.8, 4) is 0 Å². The fraction of sp³-hybridized carbons (Fsp3) is 1.00. The van der Waals surface area contributed by atoms with Gasteiger partial charge >= 0.3 is 7.60 Å². The van der Waals surface area contributed by atoms with E-state index in [1.807, 2.05) is 0 Å². The fourth-order valence-electron chi connectivity index (χ4n) is 5.30. The summed E-state index contributed by atoms with van der Waals surface area (Å²) in [6.07, 6.45) is 3.54. The first-order valence-electron chi connectivity index (χ1n) is 11.9. The van der Waals surface area contributed by atoms with Gasteiger partial charge in [-0.1, -0.05) is 54.4 Å². The van der Waals surface area contributed by atoms with Gasteiger partial charge in [0.05, 0.1) is 18.8 Å². The van der Waals surface area contributed by atoms with Gasteiger partial charge in [-0.25, -0.2) is 0 Å². The summed E-state index contributed by atoms with van der Waals surface area (Å²) in [4.78, 5) is 0. The molecule has 2 saturated carbocycles. The third-order valence-electron chi connectivity index (χ3n) is 7.34. The van der Waals surface area contributed by atoms with Gasteiger partial charge in [-0.15, -0.1) is 0 Å². The molecule has 0 spiro atoms. The molecule has 0 bridgehead atoms. The van der Waals surface area contributed by atoms with Crippen molar-refractivity contribution < 1.29 is 28.9 Å². The van der Waals surface area contributed by atoms with Crippen molar-refractivity contribution in [1.82, 2.24) is 0 Å². The third kappa shape index (κ3) is 6.52. The molecule has 0 heterocycles. The van der Waals surface area contributed by atoms with Crippen molar-refractivity contribution >= 4 is 7.60 Å². The standard InChI is InChI=1S/C23H45O6P/c1-14(2)18-9-7-16(5)11-21(18)28-30(27,23(26)20(25)13-24)29-22-12-17(6)8-10-19(22)15(3)4/h14-26H,7-13H2,1-6H3/t16-,17-,18-,19-,20+,21-,22-,23+/m1/s1. The molecule has 2 rings (SSSR count). The van der Waals surface area contributed by atoms with Crippen molar-refractivity contribution in [3.63, 3.8) is 0 Å². The molecule has 0 radical (unpaired) electrons. The Morgan fingerprint density at radius 2 is 1.23 bits per heavy atom. The molecular weight excluding hydrogens is 403 g/mol. The lowest BCUT2D eigenvalue weighted by Gasteiger charge is -2.43. The van der Waals surface area contributed by atoms with Gasteiger partial charge in [0, 0.05) is 0 Å². The zero-order valence-electron chi connectivity index (χ0n) is 19.7. The Morgan fingerprint density at radius 3 is 1.57 bits per heavy atom. The van der Waals surface area contributed by atoms with E-state index in [0.717, 1.165) is 38.5 Å². The van der Waals surface area contributed by atoms with Crippen molar-refractivity contribution in [2.24, 2.45) is 35.5 Å². The molecule has 6 nitrogen and oxygen atoms in total. The maximum absolute atomic E-state index is 14.0. The lowest BCUT2D eigenvalue weighted by Crippen LogP contribution is -2.40. The minimum absolute atomic E-state index is 0.225. The minimum Gasteiger partial charge on any atom is -0.394 e. The van der Waals surface area contributed by atoms with Crippen LogP contribution in [-0.2, 0) is 13.6 Å². The first kappa shape index (κ1) is 26.3. The summed E-state index contributed by atoms with van der Waals surface area (Å²) in [6, 6.07) is 0. The molecule has 0 aromatic rings. The average molecular weight is 449 g/mol. The largest absolute Gasteiger partial charge is 0.394 e. The van der Waals surface area contributed by atoms with Gasteiger partial charge in [-0.2, -0.15) is 0 Å². The van der Waals surface area contributed by atoms with Crippen LogP contribution in [0.3, 0.4) is 0 Å². The molecule has 0 saturated heterocycles. The summed E-state index contributed by atoms with van der Waals surface area (Å²) in [5, 5.41) is 30.3. The van der Waals surface area contributed by atoms with E-state index in [2.05, 4.69) is 41.5 Å². The number of hydrogen-bond donors (Lipinski definition) is 3. The van der Waals surface area contributed by atoms with Crippen LogP contribution in [-0.4, -0.2) is 46.1 Å². The quantitative estimate of drug-likeness (QED) is 0.438. The molecule has 2 aliphatic carbocycles. The van der Waals surface area contributed by atoms with E-state index in [-0.39, 0.29) is 24.0 Å². The smallest absolute Gasteiger partial charge is 0.362 e. The first-order valence-corrected chi connectivity index (χ1v) is 13.5. The maximum Gasteiger partial charge on any atom is 0.362 e. The van der Waals surface area contributed by atoms with E-state index in [4.69, 9.17) is 9.05 Å². The highest BCUT2D eigenvalue weighted by Crippen LogP contribution is 2.59. The molecular formula is C23H45O6P. The van der Waals surface area contributed by atoms with Crippen LogP contribution < -0.4 is 0 Å². The van der Waals surface area contributed by atoms with Gasteiger partial charge in [0.15, 0.2) is 5.85 Å². The van der Waals surface area contributed by atoms with Crippen molar-refractivity contribution in [3.05, 3.63) is 0 Å². The summed E-state index contributed by atoms with van der Waals surface area (Å²) in [7, 11) is -4.08. The van der Waals surface area contributed by atoms with Crippen LogP contribution in [0.15, 0.2) is 0 Å². The van der Waals surface area contributed by atoms with Crippen LogP contribution in [0.1, 0.15) is 80.1 Å². The maximum atomic E-state index is 14.0. The summed E-state index contributed by atoms with van der Waals surface area (Å²) in [5.74, 6) is 0.291. The molecule has 2 aliphatic rings. The van der Waals surface area contributed by atoms with Crippen LogP contribution in [0.4, 0.5) is 0 Å². The lowest BCUT2D eigenvalue weighted by molar-refractivity contribution is -0.0382. The van der Waals surface area contributed by atoms with Gasteiger partial charge in [-0.05, 0) is 61.2 Å². The predicted molar refractivity (Wildman–Crippen MR) is 119 cm³/mol. The van der Waals surface area contributed by atoms with Crippen LogP contribution in [0.5, 0.6) is 0 Å². The van der Waals surface area contributed by atoms with Crippen LogP contribution in [0, 0.1) is 35.5 Å². The summed E-state index contributed by atoms with van der Waals surface area (Å²) < 4.78 is 26.4. The van der Waals surface area contributed by atoms with E-state index < -0.39 is 26.2 Å². The summed E-state index contributed by atoms with van der Waals surface area (Å²) >= 11 is 0. The molecule has 178 valence electrons. The Kier molecular flexibility index (Phi) is 9.85. The SMILES string of the molecule is CC(C)[C@H]1CC[C@@H](C)C[C@H]1OP(=O)(O[C@@H]1C[C@H](C)CC[C@@H]1C(C)C)[C@H](O)[C@@H](O)CO. The second-order valence-corrected chi connectivity index (χ2v) is 12.7. The van der Waals surface area contributed by atoms with Gasteiger partial charge in [-0.3, -0.25) is 4.57 Å². The Balaban J connectivity index is 2.31. The molecule has 0 unspecified atom stereocenters. The summed E-state index contributed by atoms with van der Waals surface area (Å²) in [6.45, 7) is 12.2. The molecule has 0 aromatic carbocycles. The zero-order valence-corrected chi connectivity index (χ0v) is 20.6. The molecule has 8 atom stereocenters. The van der Waals surface area contributed by atoms with Crippen LogP contribution in [0.25, 0.3) is 0 Å². The summed E-state index contributed by atoms with van der Waals surface area (Å²) in [5.41, 5.74) is 0. The normalized spacial score (nSPS) is 35.6. The second-order valence-electron chi connectivity index (χ2n) is 10.6. The van der Waals surface area contributed by atoms with Gasteiger partial charge in [0.25, 0.3) is 0 Å². The second kappa shape index (κ2) is 11.2. The topological polar surface area (TPSA) is 96.2 Å². The lowest BCUT2D eigenvalue weighted by atomic mass is 9.75. The Morgan fingerprint density at radius 1 is 0.833 bits per heavy atom. The first-order chi connectivity index (χ1) is 14.0. The van der Waals surface area contributed by atoms with E-state index in [1.165, 1.54) is 0 Å². The van der Waals surface area contributed by atoms with Gasteiger partial charge in [0.2, 0.25) is 0 Å². The Labute approximate surface area is 183 Å². The van der Waals surface area contributed by atoms with Gasteiger partial charge < -0.3 is 24.4 Å². The number of rotatable bonds is 9. The molecule has 0 aliphatic heterocycles. The third-order valence-corrected chi connectivity index (χ3v) is 9.46. The van der Waals surface area contributed by atoms with Crippen LogP contribution in [0.2, 0.25) is 0 Å². The van der Waals surface area contributed by atoms with Crippen LogP contribution >= 0.6 is 7.60 Å². The number of aliphatic hydroxyl groups excluding tert-OH is 3. The Bertz CT molecular complexity index is 530. The molecule has 30 heavy (non-hydrogen) atoms. The molecule has 3 N–H and O–H groups in total. The average Bonchev–Trinajstić information content (AvgIpc) is 2.66. The van der Waals surface area contributed by atoms with Crippen molar-refractivity contribution in [1.29, 1.82) is 0 Å². The van der Waals surface area contributed by atoms with E-state index in [1.54, 1.807) is 0 Å². The van der Waals surface area contributed by atoms with Crippen molar-refractivity contribution in [2.45, 2.75) is 104 Å². The zero-order chi connectivity index (χ0) is 22.6. The number of hydrogen-bond acceptors (Lipinski definition) is 6. The highest BCUT2D eigenvalue weighted by atomic mass is 31.2. The number of aliphatic hydroxyl groups is 3. The molecule has 7 heteroatoms. The molecule has 0 amide bonds. The molecule has 0 aromatic heterocycles. The monoisotopic (exact) mass is 448 g/mol. The highest BCUT2D eigenvalue weighted by molar-refractivity contribution is 7.54. The highest BCUT2D eigenvalue weighted by Gasteiger charge is 2.48. The van der Waals surface area contributed by atoms with E-state index >= 15 is 0 Å². The van der Waals surface area contributed by atoms with Crippen molar-refractivity contribution in [2.75, 3.05) is 6.61 Å². The van der Waals surface area contributed by atoms with E-state index in [9.17, 15) is 19.9 Å². The fourth-order valence-corrected chi connectivity index (χ4v) is 7.36. The van der Waals surface area contributed by atoms with Gasteiger partial charge in [0.1, 0.15) is 6.10 Å². The molecule has 2 fully saturated rings. The Hall–Kier alpha value is 0.0300. The predicted octanol–water partition coefficient (Wildman–Crippen LogP) is 4.81. The van der Waals surface area contributed by atoms with E-state index in [0.29, 0.717) is 23.7 Å².